The molecule has 24 heteroatoms. The molecule has 1 aromatic heterocycles. The van der Waals surface area contributed by atoms with E-state index >= 15 is 35.1 Å². The molecule has 66 heavy (non-hydrogen) atoms. The lowest BCUT2D eigenvalue weighted by molar-refractivity contribution is -0.684. The molecule has 1 heterocycles. The van der Waals surface area contributed by atoms with Gasteiger partial charge in [0.1, 0.15) is 52.7 Å². The van der Waals surface area contributed by atoms with Crippen LogP contribution in [0.3, 0.4) is 0 Å². The van der Waals surface area contributed by atoms with E-state index in [0.717, 1.165) is 10.8 Å². The number of rotatable bonds is 7. The van der Waals surface area contributed by atoms with E-state index < -0.39 is 144 Å². The SMILES string of the molecule is Fc1c(F)c(F)c([B-](c2c(F)c(F)c(F)c(F)c2F)(c2c(F)c(F)c(F)c(F)c2F)c2c(F)c(F)c(F)c(F)c2F)c(F)c1F.N#Cc1c2ccccc2cc[n+]1CC(=O)c1ccccc1. The molecule has 7 aromatic rings. The zero-order chi connectivity index (χ0) is 49.0. The van der Waals surface area contributed by atoms with Crippen LogP contribution in [0.15, 0.2) is 66.9 Å². The first-order valence-corrected chi connectivity index (χ1v) is 17.6. The Morgan fingerprint density at radius 3 is 1.02 bits per heavy atom. The molecular formula is C42H13BF20N2O. The molecule has 0 aliphatic rings. The fraction of sp³-hybridized carbons (Fsp3) is 0.0238. The zero-order valence-electron chi connectivity index (χ0n) is 31.5. The second-order valence-electron chi connectivity index (χ2n) is 13.6. The molecule has 7 rings (SSSR count). The molecule has 0 saturated carbocycles. The number of nitriles is 1. The topological polar surface area (TPSA) is 44.7 Å². The summed E-state index contributed by atoms with van der Waals surface area (Å²) in [5.74, 6) is -71.4. The minimum absolute atomic E-state index is 0.00705. The van der Waals surface area contributed by atoms with Crippen LogP contribution >= 0.6 is 0 Å². The van der Waals surface area contributed by atoms with Crippen molar-refractivity contribution in [3.8, 4) is 6.07 Å². The summed E-state index contributed by atoms with van der Waals surface area (Å²) in [6.07, 6.45) is -5.42. The minimum Gasteiger partial charge on any atom is -0.287 e. The molecule has 0 amide bonds. The monoisotopic (exact) mass is 952 g/mol. The van der Waals surface area contributed by atoms with Gasteiger partial charge < -0.3 is 0 Å². The molecule has 0 radical (unpaired) electrons. The average molecular weight is 952 g/mol. The second kappa shape index (κ2) is 17.8. The number of ketones is 1. The third-order valence-corrected chi connectivity index (χ3v) is 10.2. The second-order valence-corrected chi connectivity index (χ2v) is 13.6. The Morgan fingerprint density at radius 2 is 0.697 bits per heavy atom. The number of pyridine rings is 1. The summed E-state index contributed by atoms with van der Waals surface area (Å²) < 4.78 is 296. The molecule has 0 spiro atoms. The van der Waals surface area contributed by atoms with Crippen LogP contribution in [0.5, 0.6) is 0 Å². The van der Waals surface area contributed by atoms with Crippen LogP contribution in [-0.4, -0.2) is 11.9 Å². The fourth-order valence-electron chi connectivity index (χ4n) is 7.26. The van der Waals surface area contributed by atoms with Gasteiger partial charge in [0.15, 0.2) is 82.1 Å². The van der Waals surface area contributed by atoms with E-state index in [-0.39, 0.29) is 12.3 Å². The maximum atomic E-state index is 15.4. The van der Waals surface area contributed by atoms with Crippen LogP contribution < -0.4 is 26.4 Å². The van der Waals surface area contributed by atoms with Crippen molar-refractivity contribution in [1.29, 1.82) is 5.26 Å². The fourth-order valence-corrected chi connectivity index (χ4v) is 7.26. The maximum absolute atomic E-state index is 15.4. The van der Waals surface area contributed by atoms with Gasteiger partial charge >= 0.3 is 0 Å². The van der Waals surface area contributed by atoms with Crippen LogP contribution in [0, 0.1) is 128 Å². The van der Waals surface area contributed by atoms with E-state index in [4.69, 9.17) is 0 Å². The number of aromatic nitrogens is 1. The summed E-state index contributed by atoms with van der Waals surface area (Å²) in [4.78, 5) is 12.3. The molecule has 0 atom stereocenters. The van der Waals surface area contributed by atoms with Gasteiger partial charge in [-0.15, -0.1) is 21.9 Å². The third-order valence-electron chi connectivity index (χ3n) is 10.2. The predicted molar refractivity (Wildman–Crippen MR) is 189 cm³/mol. The molecule has 0 unspecified atom stereocenters. The number of hydrogen-bond acceptors (Lipinski definition) is 2. The Kier molecular flexibility index (Phi) is 13.0. The van der Waals surface area contributed by atoms with Gasteiger partial charge in [-0.1, -0.05) is 48.5 Å². The first-order chi connectivity index (χ1) is 31.0. The minimum atomic E-state index is -7.22. The van der Waals surface area contributed by atoms with Crippen molar-refractivity contribution < 1.29 is 97.2 Å². The van der Waals surface area contributed by atoms with E-state index in [9.17, 15) is 62.7 Å². The van der Waals surface area contributed by atoms with Gasteiger partial charge in [0.2, 0.25) is 12.3 Å². The summed E-state index contributed by atoms with van der Waals surface area (Å²) in [6.45, 7) is 0.164. The molecule has 0 fully saturated rings. The summed E-state index contributed by atoms with van der Waals surface area (Å²) in [6, 6.07) is 20.9. The molecular weight excluding hydrogens is 939 g/mol. The van der Waals surface area contributed by atoms with E-state index in [1.54, 1.807) is 22.9 Å². The summed E-state index contributed by atoms with van der Waals surface area (Å²) in [5, 5.41) is 11.3. The van der Waals surface area contributed by atoms with Crippen molar-refractivity contribution in [3.63, 3.8) is 0 Å². The van der Waals surface area contributed by atoms with Gasteiger partial charge in [-0.05, 0) is 11.5 Å². The smallest absolute Gasteiger partial charge is 0.287 e. The molecule has 0 bridgehead atoms. The number of carbonyl (C=O) groups excluding carboxylic acids is 1. The van der Waals surface area contributed by atoms with Crippen molar-refractivity contribution in [1.82, 2.24) is 0 Å². The van der Waals surface area contributed by atoms with Crippen LogP contribution in [0.2, 0.25) is 0 Å². The highest BCUT2D eigenvalue weighted by Gasteiger charge is 2.52. The van der Waals surface area contributed by atoms with Crippen LogP contribution in [0.1, 0.15) is 16.1 Å². The summed E-state index contributed by atoms with van der Waals surface area (Å²) in [7, 11) is 0. The molecule has 340 valence electrons. The van der Waals surface area contributed by atoms with Gasteiger partial charge in [-0.2, -0.15) is 9.83 Å². The molecule has 0 aliphatic heterocycles. The van der Waals surface area contributed by atoms with Gasteiger partial charge in [0.25, 0.3) is 5.69 Å². The van der Waals surface area contributed by atoms with Gasteiger partial charge in [-0.25, -0.2) is 87.8 Å². The lowest BCUT2D eigenvalue weighted by Gasteiger charge is -2.44. The first kappa shape index (κ1) is 48.0. The molecule has 0 aliphatic carbocycles. The number of hydrogen-bond donors (Lipinski definition) is 0. The third kappa shape index (κ3) is 7.31. The molecule has 3 nitrogen and oxygen atoms in total. The van der Waals surface area contributed by atoms with Crippen molar-refractivity contribution in [3.05, 3.63) is 194 Å². The van der Waals surface area contributed by atoms with Crippen LogP contribution in [-0.2, 0) is 6.54 Å². The van der Waals surface area contributed by atoms with Crippen molar-refractivity contribution in [2.45, 2.75) is 6.54 Å². The van der Waals surface area contributed by atoms with Crippen molar-refractivity contribution in [2.75, 3.05) is 0 Å². The number of fused-ring (bicyclic) bond motifs is 1. The molecule has 0 N–H and O–H groups in total. The molecule has 6 aromatic carbocycles. The first-order valence-electron chi connectivity index (χ1n) is 17.6. The lowest BCUT2D eigenvalue weighted by atomic mass is 9.12. The van der Waals surface area contributed by atoms with Crippen LogP contribution in [0.25, 0.3) is 10.8 Å². The van der Waals surface area contributed by atoms with Gasteiger partial charge in [0.05, 0.1) is 5.39 Å². The number of Topliss-reactive ketones (excluding diaryl/α,β-unsaturated/α-hetero) is 1. The predicted octanol–water partition coefficient (Wildman–Crippen LogP) is 8.73. The normalized spacial score (nSPS) is 11.4. The van der Waals surface area contributed by atoms with Crippen LogP contribution in [0.4, 0.5) is 87.8 Å². The Labute approximate surface area is 353 Å². The Hall–Kier alpha value is -7.45. The average Bonchev–Trinajstić information content (AvgIpc) is 3.31. The highest BCUT2D eigenvalue weighted by atomic mass is 19.2. The van der Waals surface area contributed by atoms with E-state index in [0.29, 0.717) is 11.3 Å². The van der Waals surface area contributed by atoms with E-state index in [2.05, 4.69) is 6.07 Å². The van der Waals surface area contributed by atoms with Crippen molar-refractivity contribution >= 4 is 44.6 Å². The quantitative estimate of drug-likeness (QED) is 0.0401. The Bertz CT molecular complexity index is 2830. The lowest BCUT2D eigenvalue weighted by Crippen LogP contribution is -2.81. The zero-order valence-corrected chi connectivity index (χ0v) is 31.5. The number of nitrogens with zero attached hydrogens (tertiary/aromatic N) is 2. The largest absolute Gasteiger partial charge is 0.291 e. The number of benzene rings is 6. The standard InChI is InChI=1S/C24BF20.C18H13N2O/c26-5-1(6(27)14(35)21(42)13(5)34)25(2-7(28)15(36)22(43)16(37)8(2)29,3-9(30)17(38)23(44)18(39)10(3)31)4-11(32)19(40)24(45)20(41)12(4)33;19-12-17-16-9-5-4-6-14(16)10-11-20(17)13-18(21)15-7-2-1-3-8-15/h;1-11H,13H2/q-1;+1. The summed E-state index contributed by atoms with van der Waals surface area (Å²) in [5.41, 5.74) is -13.2. The highest BCUT2D eigenvalue weighted by molar-refractivity contribution is 7.20. The van der Waals surface area contributed by atoms with E-state index in [1.165, 1.54) is 0 Å². The van der Waals surface area contributed by atoms with Gasteiger partial charge in [-0.3, -0.25) is 4.79 Å². The highest BCUT2D eigenvalue weighted by Crippen LogP contribution is 2.31. The Balaban J connectivity index is 0.000000284. The van der Waals surface area contributed by atoms with Gasteiger partial charge in [0, 0.05) is 11.6 Å². The van der Waals surface area contributed by atoms with E-state index in [1.807, 2.05) is 48.5 Å². The Morgan fingerprint density at radius 1 is 0.409 bits per heavy atom. The van der Waals surface area contributed by atoms with Crippen molar-refractivity contribution in [2.24, 2.45) is 0 Å². The number of halogens is 20. The maximum Gasteiger partial charge on any atom is 0.291 e. The number of carbonyl (C=O) groups is 1. The molecule has 0 saturated heterocycles. The summed E-state index contributed by atoms with van der Waals surface area (Å²) >= 11 is 0.